The fraction of sp³-hybridized carbons (Fsp3) is 0.478. The molecule has 3 heterocycles. The van der Waals surface area contributed by atoms with E-state index in [2.05, 4.69) is 50.9 Å². The highest BCUT2D eigenvalue weighted by Gasteiger charge is 2.16. The Morgan fingerprint density at radius 1 is 1.15 bits per heavy atom. The molecule has 10 heteroatoms. The van der Waals surface area contributed by atoms with Crippen LogP contribution in [0.25, 0.3) is 5.69 Å². The lowest BCUT2D eigenvalue weighted by Crippen LogP contribution is -2.38. The molecule has 0 radical (unpaired) electrons. The molecule has 33 heavy (non-hydrogen) atoms. The molecule has 0 saturated heterocycles. The Morgan fingerprint density at radius 2 is 1.97 bits per heavy atom. The lowest BCUT2D eigenvalue weighted by molar-refractivity contribution is 0.509. The summed E-state index contributed by atoms with van der Waals surface area (Å²) in [6.45, 7) is 6.79. The lowest BCUT2D eigenvalue weighted by Gasteiger charge is -2.15. The fourth-order valence-electron chi connectivity index (χ4n) is 4.17. The molecule has 2 aromatic heterocycles. The monoisotopic (exact) mass is 564 g/mol. The molecule has 4 rings (SSSR count). The molecule has 1 aromatic carbocycles. The molecule has 0 aliphatic carbocycles. The van der Waals surface area contributed by atoms with Crippen molar-refractivity contribution in [2.75, 3.05) is 13.6 Å². The smallest absolute Gasteiger partial charge is 0.345 e. The number of guanidine groups is 1. The molecule has 0 spiro atoms. The van der Waals surface area contributed by atoms with Crippen LogP contribution in [0.4, 0.5) is 0 Å². The van der Waals surface area contributed by atoms with E-state index in [1.54, 1.807) is 11.7 Å². The van der Waals surface area contributed by atoms with Crippen LogP contribution >= 0.6 is 24.0 Å². The summed E-state index contributed by atoms with van der Waals surface area (Å²) in [5.41, 5.74) is 4.32. The Balaban J connectivity index is 0.00000306. The van der Waals surface area contributed by atoms with Crippen molar-refractivity contribution >= 4 is 29.9 Å². The second kappa shape index (κ2) is 11.5. The van der Waals surface area contributed by atoms with Crippen molar-refractivity contribution in [3.8, 4) is 5.69 Å². The van der Waals surface area contributed by atoms with Crippen molar-refractivity contribution in [1.29, 1.82) is 0 Å². The molecule has 0 fully saturated rings. The van der Waals surface area contributed by atoms with Gasteiger partial charge < -0.3 is 10.6 Å². The largest absolute Gasteiger partial charge is 0.356 e. The van der Waals surface area contributed by atoms with Gasteiger partial charge in [0.25, 0.3) is 0 Å². The summed E-state index contributed by atoms with van der Waals surface area (Å²) in [5.74, 6) is 1.65. The number of hydrogen-bond acceptors (Lipinski definition) is 4. The molecule has 0 unspecified atom stereocenters. The van der Waals surface area contributed by atoms with Crippen LogP contribution in [0.5, 0.6) is 0 Å². The summed E-state index contributed by atoms with van der Waals surface area (Å²) >= 11 is 0. The summed E-state index contributed by atoms with van der Waals surface area (Å²) in [7, 11) is 1.76. The summed E-state index contributed by atoms with van der Waals surface area (Å²) < 4.78 is 5.39. The highest BCUT2D eigenvalue weighted by atomic mass is 127. The second-order valence-electron chi connectivity index (χ2n) is 8.20. The van der Waals surface area contributed by atoms with Gasteiger partial charge in [0.15, 0.2) is 5.96 Å². The van der Waals surface area contributed by atoms with E-state index >= 15 is 0 Å². The van der Waals surface area contributed by atoms with Gasteiger partial charge >= 0.3 is 5.69 Å². The molecule has 2 N–H and O–H groups in total. The van der Waals surface area contributed by atoms with E-state index in [1.165, 1.54) is 0 Å². The van der Waals surface area contributed by atoms with E-state index in [4.69, 9.17) is 0 Å². The minimum atomic E-state index is 0. The molecule has 0 amide bonds. The third-order valence-electron chi connectivity index (χ3n) is 5.77. The molecule has 9 nitrogen and oxygen atoms in total. The number of aryl methyl sites for hydroxylation is 4. The summed E-state index contributed by atoms with van der Waals surface area (Å²) in [5, 5.41) is 15.8. The second-order valence-corrected chi connectivity index (χ2v) is 8.20. The highest BCUT2D eigenvalue weighted by Crippen LogP contribution is 2.17. The maximum atomic E-state index is 12.4. The van der Waals surface area contributed by atoms with Crippen molar-refractivity contribution in [1.82, 2.24) is 34.8 Å². The maximum Gasteiger partial charge on any atom is 0.345 e. The Hall–Kier alpha value is -2.63. The average Bonchev–Trinajstić information content (AvgIpc) is 3.31. The van der Waals surface area contributed by atoms with Gasteiger partial charge in [-0.3, -0.25) is 9.56 Å². The third-order valence-corrected chi connectivity index (χ3v) is 5.77. The van der Waals surface area contributed by atoms with E-state index in [0.717, 1.165) is 66.7 Å². The summed E-state index contributed by atoms with van der Waals surface area (Å²) in [4.78, 5) is 16.8. The summed E-state index contributed by atoms with van der Waals surface area (Å²) in [6, 6.07) is 10.3. The first-order chi connectivity index (χ1) is 15.6. The fourth-order valence-corrected chi connectivity index (χ4v) is 4.17. The lowest BCUT2D eigenvalue weighted by atomic mass is 10.1. The molecule has 0 bridgehead atoms. The van der Waals surface area contributed by atoms with Crippen molar-refractivity contribution < 1.29 is 0 Å². The van der Waals surface area contributed by atoms with Gasteiger partial charge in [0.1, 0.15) is 5.82 Å². The first-order valence-electron chi connectivity index (χ1n) is 11.3. The van der Waals surface area contributed by atoms with E-state index in [0.29, 0.717) is 19.6 Å². The topological polar surface area (TPSA) is 94.1 Å². The maximum absolute atomic E-state index is 12.4. The van der Waals surface area contributed by atoms with Crippen LogP contribution in [0.1, 0.15) is 42.0 Å². The minimum absolute atomic E-state index is 0. The number of benzene rings is 1. The zero-order valence-electron chi connectivity index (χ0n) is 19.5. The number of fused-ring (bicyclic) bond motifs is 1. The molecule has 0 saturated carbocycles. The molecule has 1 aliphatic rings. The van der Waals surface area contributed by atoms with Crippen LogP contribution in [0, 0.1) is 13.8 Å². The number of aliphatic imine (C=N–C) groups is 1. The zero-order valence-corrected chi connectivity index (χ0v) is 21.9. The number of hydrogen-bond donors (Lipinski definition) is 2. The molecule has 1 aliphatic heterocycles. The number of nitrogens with zero attached hydrogens (tertiary/aromatic N) is 6. The SMILES string of the molecule is CN=C(NCCCn1nc2n(c1=O)CCCC2)NCc1ccccc1-n1nc(C)cc1C.I. The normalized spacial score (nSPS) is 13.4. The van der Waals surface area contributed by atoms with Crippen molar-refractivity contribution in [3.63, 3.8) is 0 Å². The van der Waals surface area contributed by atoms with Gasteiger partial charge in [0.2, 0.25) is 0 Å². The third kappa shape index (κ3) is 5.84. The molecule has 178 valence electrons. The average molecular weight is 564 g/mol. The van der Waals surface area contributed by atoms with Gasteiger partial charge in [-0.1, -0.05) is 18.2 Å². The Labute approximate surface area is 211 Å². The van der Waals surface area contributed by atoms with Crippen LogP contribution in [-0.4, -0.2) is 43.7 Å². The zero-order chi connectivity index (χ0) is 22.5. The van der Waals surface area contributed by atoms with Crippen molar-refractivity contribution in [2.24, 2.45) is 4.99 Å². The molecule has 3 aromatic rings. The van der Waals surface area contributed by atoms with Gasteiger partial charge in [-0.2, -0.15) is 10.2 Å². The van der Waals surface area contributed by atoms with Crippen LogP contribution in [-0.2, 0) is 26.1 Å². The van der Waals surface area contributed by atoms with Gasteiger partial charge in [0.05, 0.1) is 11.4 Å². The predicted octanol–water partition coefficient (Wildman–Crippen LogP) is 2.56. The number of halogens is 1. The highest BCUT2D eigenvalue weighted by molar-refractivity contribution is 14.0. The molecular formula is C23H33IN8O. The number of aromatic nitrogens is 5. The summed E-state index contributed by atoms with van der Waals surface area (Å²) in [6.07, 6.45) is 3.86. The number of rotatable bonds is 7. The van der Waals surface area contributed by atoms with E-state index in [1.807, 2.05) is 28.3 Å². The van der Waals surface area contributed by atoms with Crippen LogP contribution in [0.2, 0.25) is 0 Å². The number of para-hydroxylation sites is 1. The molecular weight excluding hydrogens is 531 g/mol. The van der Waals surface area contributed by atoms with Gasteiger partial charge in [-0.05, 0) is 50.8 Å². The van der Waals surface area contributed by atoms with Crippen LogP contribution in [0.15, 0.2) is 40.1 Å². The van der Waals surface area contributed by atoms with Crippen LogP contribution in [0.3, 0.4) is 0 Å². The molecule has 0 atom stereocenters. The van der Waals surface area contributed by atoms with Gasteiger partial charge in [0, 0.05) is 45.3 Å². The standard InChI is InChI=1S/C23H32N8O.HI/c1-17-15-18(2)31(27-17)20-10-5-4-9-19(20)16-26-22(24-3)25-12-8-14-30-23(32)29-13-7-6-11-21(29)28-30;/h4-5,9-10,15H,6-8,11-14,16H2,1-3H3,(H2,24,25,26);1H. The van der Waals surface area contributed by atoms with Crippen molar-refractivity contribution in [3.05, 3.63) is 63.6 Å². The first-order valence-corrected chi connectivity index (χ1v) is 11.3. The van der Waals surface area contributed by atoms with E-state index < -0.39 is 0 Å². The van der Waals surface area contributed by atoms with Crippen molar-refractivity contribution in [2.45, 2.75) is 59.2 Å². The van der Waals surface area contributed by atoms with E-state index in [-0.39, 0.29) is 29.7 Å². The Morgan fingerprint density at radius 3 is 2.70 bits per heavy atom. The Bertz CT molecular complexity index is 1160. The van der Waals surface area contributed by atoms with E-state index in [9.17, 15) is 4.79 Å². The minimum Gasteiger partial charge on any atom is -0.356 e. The van der Waals surface area contributed by atoms with Gasteiger partial charge in [-0.15, -0.1) is 24.0 Å². The predicted molar refractivity (Wildman–Crippen MR) is 141 cm³/mol. The Kier molecular flexibility index (Phi) is 8.70. The number of nitrogens with one attached hydrogen (secondary N) is 2. The van der Waals surface area contributed by atoms with Crippen LogP contribution < -0.4 is 16.3 Å². The first kappa shape index (κ1) is 25.0. The quantitative estimate of drug-likeness (QED) is 0.199. The van der Waals surface area contributed by atoms with Gasteiger partial charge in [-0.25, -0.2) is 14.2 Å².